The number of hydrogen-bond donors (Lipinski definition) is 0. The molecule has 15 heavy (non-hydrogen) atoms. The largest absolute Gasteiger partial charge is 0.442 e. The van der Waals surface area contributed by atoms with E-state index in [1.165, 1.54) is 0 Å². The molecule has 2 aromatic heterocycles. The third kappa shape index (κ3) is 2.27. The second-order valence-electron chi connectivity index (χ2n) is 3.18. The molecule has 0 aliphatic rings. The van der Waals surface area contributed by atoms with E-state index in [1.807, 2.05) is 0 Å². The van der Waals surface area contributed by atoms with Gasteiger partial charge in [0.05, 0.1) is 12.1 Å². The van der Waals surface area contributed by atoms with Crippen LogP contribution in [0.1, 0.15) is 16.2 Å². The van der Waals surface area contributed by atoms with Gasteiger partial charge in [-0.15, -0.1) is 0 Å². The van der Waals surface area contributed by atoms with Crippen LogP contribution in [-0.2, 0) is 13.5 Å². The monoisotopic (exact) mass is 224 g/mol. The number of rotatable bonds is 3. The van der Waals surface area contributed by atoms with Crippen LogP contribution < -0.4 is 0 Å². The summed E-state index contributed by atoms with van der Waals surface area (Å²) >= 11 is 5.57. The van der Waals surface area contributed by atoms with E-state index in [4.69, 9.17) is 16.0 Å². The van der Waals surface area contributed by atoms with Crippen LogP contribution in [0.25, 0.3) is 0 Å². The van der Waals surface area contributed by atoms with Crippen molar-refractivity contribution in [1.29, 1.82) is 0 Å². The summed E-state index contributed by atoms with van der Waals surface area (Å²) in [5.41, 5.74) is 0.718. The highest BCUT2D eigenvalue weighted by molar-refractivity contribution is 6.29. The van der Waals surface area contributed by atoms with Crippen molar-refractivity contribution in [3.63, 3.8) is 0 Å². The molecule has 2 rings (SSSR count). The number of furan rings is 1. The number of hydrogen-bond acceptors (Lipinski definition) is 3. The number of carbonyl (C=O) groups is 1. The lowest BCUT2D eigenvalue weighted by atomic mass is 10.2. The molecule has 5 heteroatoms. The Morgan fingerprint density at radius 1 is 1.53 bits per heavy atom. The average molecular weight is 225 g/mol. The fraction of sp³-hybridized carbons (Fsp3) is 0.200. The molecule has 0 fully saturated rings. The van der Waals surface area contributed by atoms with Gasteiger partial charge in [0, 0.05) is 13.2 Å². The van der Waals surface area contributed by atoms with Crippen molar-refractivity contribution in [2.75, 3.05) is 0 Å². The molecule has 0 atom stereocenters. The normalized spacial score (nSPS) is 10.5. The van der Waals surface area contributed by atoms with E-state index in [0.717, 1.165) is 5.69 Å². The van der Waals surface area contributed by atoms with Crippen LogP contribution >= 0.6 is 11.6 Å². The van der Waals surface area contributed by atoms with Crippen LogP contribution in [0.2, 0.25) is 5.22 Å². The van der Waals surface area contributed by atoms with Crippen molar-refractivity contribution >= 4 is 17.4 Å². The first kappa shape index (κ1) is 9.98. The molecule has 2 aromatic rings. The molecule has 0 amide bonds. The van der Waals surface area contributed by atoms with Gasteiger partial charge >= 0.3 is 0 Å². The van der Waals surface area contributed by atoms with E-state index in [0.29, 0.717) is 0 Å². The number of halogens is 1. The number of ketones is 1. The first-order chi connectivity index (χ1) is 7.15. The smallest absolute Gasteiger partial charge is 0.204 e. The Balaban J connectivity index is 2.10. The van der Waals surface area contributed by atoms with Crippen molar-refractivity contribution in [3.05, 3.63) is 41.1 Å². The summed E-state index contributed by atoms with van der Waals surface area (Å²) in [6.07, 6.45) is 2.02. The van der Waals surface area contributed by atoms with Crippen LogP contribution in [0.15, 0.2) is 28.8 Å². The van der Waals surface area contributed by atoms with Gasteiger partial charge in [-0.2, -0.15) is 5.10 Å². The molecule has 0 N–H and O–H groups in total. The van der Waals surface area contributed by atoms with Crippen LogP contribution in [-0.4, -0.2) is 15.6 Å². The van der Waals surface area contributed by atoms with Gasteiger partial charge in [-0.1, -0.05) is 0 Å². The Hall–Kier alpha value is -1.55. The molecule has 0 bridgehead atoms. The van der Waals surface area contributed by atoms with Crippen LogP contribution in [0.3, 0.4) is 0 Å². The molecule has 2 heterocycles. The molecular formula is C10H9ClN2O2. The van der Waals surface area contributed by atoms with Crippen LogP contribution in [0.5, 0.6) is 0 Å². The average Bonchev–Trinajstić information content (AvgIpc) is 2.75. The van der Waals surface area contributed by atoms with Crippen molar-refractivity contribution in [2.45, 2.75) is 6.42 Å². The topological polar surface area (TPSA) is 48.0 Å². The van der Waals surface area contributed by atoms with E-state index in [-0.39, 0.29) is 23.2 Å². The third-order valence-electron chi connectivity index (χ3n) is 1.96. The molecule has 78 valence electrons. The summed E-state index contributed by atoms with van der Waals surface area (Å²) in [6, 6.07) is 4.91. The Morgan fingerprint density at radius 3 is 2.87 bits per heavy atom. The van der Waals surface area contributed by atoms with Gasteiger partial charge in [0.25, 0.3) is 0 Å². The molecule has 0 aliphatic heterocycles. The number of aromatic nitrogens is 2. The number of nitrogens with zero attached hydrogens (tertiary/aromatic N) is 2. The number of aryl methyl sites for hydroxylation is 1. The summed E-state index contributed by atoms with van der Waals surface area (Å²) in [5.74, 6) is 0.145. The summed E-state index contributed by atoms with van der Waals surface area (Å²) in [4.78, 5) is 11.6. The Bertz CT molecular complexity index is 487. The maximum atomic E-state index is 11.6. The zero-order chi connectivity index (χ0) is 10.8. The van der Waals surface area contributed by atoms with Crippen molar-refractivity contribution in [2.24, 2.45) is 7.05 Å². The zero-order valence-electron chi connectivity index (χ0n) is 8.11. The fourth-order valence-corrected chi connectivity index (χ4v) is 1.42. The summed E-state index contributed by atoms with van der Waals surface area (Å²) in [6.45, 7) is 0. The molecule has 0 saturated heterocycles. The fourth-order valence-electron chi connectivity index (χ4n) is 1.27. The first-order valence-electron chi connectivity index (χ1n) is 4.42. The van der Waals surface area contributed by atoms with Crippen molar-refractivity contribution in [3.8, 4) is 0 Å². The minimum absolute atomic E-state index is 0.124. The molecule has 0 saturated carbocycles. The summed E-state index contributed by atoms with van der Waals surface area (Å²) in [5, 5.41) is 4.33. The maximum Gasteiger partial charge on any atom is 0.204 e. The second kappa shape index (κ2) is 3.90. The predicted molar refractivity (Wildman–Crippen MR) is 55.0 cm³/mol. The van der Waals surface area contributed by atoms with Gasteiger partial charge in [-0.3, -0.25) is 9.48 Å². The van der Waals surface area contributed by atoms with Gasteiger partial charge < -0.3 is 4.42 Å². The van der Waals surface area contributed by atoms with Gasteiger partial charge in [0.2, 0.25) is 5.78 Å². The van der Waals surface area contributed by atoms with E-state index >= 15 is 0 Å². The lowest BCUT2D eigenvalue weighted by Gasteiger charge is -1.93. The summed E-state index contributed by atoms with van der Waals surface area (Å²) < 4.78 is 6.66. The second-order valence-corrected chi connectivity index (χ2v) is 3.56. The lowest BCUT2D eigenvalue weighted by molar-refractivity contribution is 0.0965. The van der Waals surface area contributed by atoms with Gasteiger partial charge in [0.15, 0.2) is 11.0 Å². The Kier molecular flexibility index (Phi) is 2.60. The van der Waals surface area contributed by atoms with Crippen LogP contribution in [0.4, 0.5) is 0 Å². The number of Topliss-reactive ketones (excluding diaryl/α,β-unsaturated/α-hetero) is 1. The molecule has 0 aliphatic carbocycles. The predicted octanol–water partition coefficient (Wildman–Crippen LogP) is 2.09. The minimum atomic E-state index is -0.124. The van der Waals surface area contributed by atoms with E-state index < -0.39 is 0 Å². The first-order valence-corrected chi connectivity index (χ1v) is 4.80. The molecular weight excluding hydrogens is 216 g/mol. The number of carbonyl (C=O) groups excluding carboxylic acids is 1. The van der Waals surface area contributed by atoms with E-state index in [9.17, 15) is 4.79 Å². The highest BCUT2D eigenvalue weighted by Gasteiger charge is 2.12. The molecule has 0 spiro atoms. The lowest BCUT2D eigenvalue weighted by Crippen LogP contribution is -2.03. The molecule has 4 nitrogen and oxygen atoms in total. The quantitative estimate of drug-likeness (QED) is 0.750. The van der Waals surface area contributed by atoms with Crippen molar-refractivity contribution < 1.29 is 9.21 Å². The molecule has 0 radical (unpaired) electrons. The van der Waals surface area contributed by atoms with Gasteiger partial charge in [0.1, 0.15) is 0 Å². The molecule has 0 aromatic carbocycles. The SMILES string of the molecule is Cn1ccc(CC(=O)c2ccc(Cl)o2)n1. The zero-order valence-corrected chi connectivity index (χ0v) is 8.86. The Morgan fingerprint density at radius 2 is 2.33 bits per heavy atom. The molecule has 0 unspecified atom stereocenters. The third-order valence-corrected chi connectivity index (χ3v) is 2.16. The van der Waals surface area contributed by atoms with Gasteiger partial charge in [-0.05, 0) is 29.8 Å². The minimum Gasteiger partial charge on any atom is -0.442 e. The Labute approximate surface area is 91.4 Å². The highest BCUT2D eigenvalue weighted by atomic mass is 35.5. The highest BCUT2D eigenvalue weighted by Crippen LogP contribution is 2.14. The standard InChI is InChI=1S/C10H9ClN2O2/c1-13-5-4-7(12-13)6-8(14)9-2-3-10(11)15-9/h2-5H,6H2,1H3. The van der Waals surface area contributed by atoms with E-state index in [1.54, 1.807) is 36.1 Å². The van der Waals surface area contributed by atoms with E-state index in [2.05, 4.69) is 5.10 Å². The van der Waals surface area contributed by atoms with Crippen molar-refractivity contribution in [1.82, 2.24) is 9.78 Å². The van der Waals surface area contributed by atoms with Crippen LogP contribution in [0, 0.1) is 0 Å². The van der Waals surface area contributed by atoms with Gasteiger partial charge in [-0.25, -0.2) is 0 Å². The summed E-state index contributed by atoms with van der Waals surface area (Å²) in [7, 11) is 1.80. The maximum absolute atomic E-state index is 11.6.